The Bertz CT molecular complexity index is 369. The van der Waals surface area contributed by atoms with Crippen molar-refractivity contribution >= 4 is 11.8 Å². The van der Waals surface area contributed by atoms with E-state index in [0.29, 0.717) is 11.5 Å². The number of rotatable bonds is 4. The van der Waals surface area contributed by atoms with Gasteiger partial charge in [-0.05, 0) is 32.2 Å². The molecular weight excluding hydrogens is 224 g/mol. The molecule has 1 N–H and O–H groups in total. The second-order valence-corrected chi connectivity index (χ2v) is 4.81. The lowest BCUT2D eigenvalue weighted by Crippen LogP contribution is -2.17. The van der Waals surface area contributed by atoms with Gasteiger partial charge in [0.15, 0.2) is 11.5 Å². The van der Waals surface area contributed by atoms with Gasteiger partial charge in [0.1, 0.15) is 0 Å². The predicted molar refractivity (Wildman–Crippen MR) is 66.6 cm³/mol. The summed E-state index contributed by atoms with van der Waals surface area (Å²) in [5.74, 6) is 1.32. The van der Waals surface area contributed by atoms with E-state index in [1.54, 1.807) is 39.8 Å². The van der Waals surface area contributed by atoms with Gasteiger partial charge in [-0.2, -0.15) is 0 Å². The van der Waals surface area contributed by atoms with Crippen molar-refractivity contribution in [1.29, 1.82) is 0 Å². The molecule has 16 heavy (non-hydrogen) atoms. The summed E-state index contributed by atoms with van der Waals surface area (Å²) in [4.78, 5) is 0.991. The summed E-state index contributed by atoms with van der Waals surface area (Å²) >= 11 is 1.58. The molecule has 1 rings (SSSR count). The van der Waals surface area contributed by atoms with Crippen LogP contribution in [0, 0.1) is 0 Å². The standard InChI is InChI=1S/C12H18O3S/c1-12(2,13)8-6-9(14-3)10(15-4)7-11(8)16-5/h6-7,13H,1-5H3. The van der Waals surface area contributed by atoms with Crippen molar-refractivity contribution in [3.63, 3.8) is 0 Å². The highest BCUT2D eigenvalue weighted by molar-refractivity contribution is 7.98. The first-order chi connectivity index (χ1) is 7.43. The van der Waals surface area contributed by atoms with E-state index >= 15 is 0 Å². The van der Waals surface area contributed by atoms with Crippen LogP contribution >= 0.6 is 11.8 Å². The number of methoxy groups -OCH3 is 2. The molecule has 0 radical (unpaired) electrons. The Kier molecular flexibility index (Phi) is 4.10. The molecule has 0 bridgehead atoms. The average Bonchev–Trinajstić information content (AvgIpc) is 2.25. The Morgan fingerprint density at radius 2 is 1.62 bits per heavy atom. The molecule has 0 saturated carbocycles. The normalized spacial score (nSPS) is 11.4. The third-order valence-corrected chi connectivity index (χ3v) is 3.14. The molecule has 90 valence electrons. The molecule has 0 saturated heterocycles. The molecule has 4 heteroatoms. The first kappa shape index (κ1) is 13.2. The van der Waals surface area contributed by atoms with E-state index in [1.807, 2.05) is 18.4 Å². The van der Waals surface area contributed by atoms with Crippen LogP contribution in [0.4, 0.5) is 0 Å². The highest BCUT2D eigenvalue weighted by atomic mass is 32.2. The quantitative estimate of drug-likeness (QED) is 0.824. The number of aliphatic hydroxyl groups is 1. The van der Waals surface area contributed by atoms with Crippen LogP contribution in [0.5, 0.6) is 11.5 Å². The Hall–Kier alpha value is -0.870. The first-order valence-corrected chi connectivity index (χ1v) is 6.19. The molecule has 0 amide bonds. The molecule has 1 aromatic carbocycles. The summed E-state index contributed by atoms with van der Waals surface area (Å²) in [6.45, 7) is 3.52. The molecular formula is C12H18O3S. The minimum Gasteiger partial charge on any atom is -0.493 e. The summed E-state index contributed by atoms with van der Waals surface area (Å²) in [6.07, 6.45) is 1.97. The second-order valence-electron chi connectivity index (χ2n) is 3.97. The van der Waals surface area contributed by atoms with Crippen LogP contribution in [0.3, 0.4) is 0 Å². The SMILES string of the molecule is COc1cc(SC)c(C(C)(C)O)cc1OC. The fraction of sp³-hybridized carbons (Fsp3) is 0.500. The molecule has 0 spiro atoms. The number of hydrogen-bond donors (Lipinski definition) is 1. The van der Waals surface area contributed by atoms with E-state index < -0.39 is 5.60 Å². The third kappa shape index (κ3) is 2.62. The van der Waals surface area contributed by atoms with Crippen LogP contribution in [0.1, 0.15) is 19.4 Å². The van der Waals surface area contributed by atoms with Crippen LogP contribution < -0.4 is 9.47 Å². The fourth-order valence-electron chi connectivity index (χ4n) is 1.51. The Morgan fingerprint density at radius 3 is 2.00 bits per heavy atom. The van der Waals surface area contributed by atoms with Crippen molar-refractivity contribution in [2.24, 2.45) is 0 Å². The maximum atomic E-state index is 10.1. The molecule has 0 aliphatic carbocycles. The van der Waals surface area contributed by atoms with Gasteiger partial charge >= 0.3 is 0 Å². The predicted octanol–water partition coefficient (Wildman–Crippen LogP) is 2.65. The molecule has 0 atom stereocenters. The van der Waals surface area contributed by atoms with Gasteiger partial charge in [0.05, 0.1) is 19.8 Å². The van der Waals surface area contributed by atoms with Gasteiger partial charge < -0.3 is 14.6 Å². The van der Waals surface area contributed by atoms with Crippen molar-refractivity contribution < 1.29 is 14.6 Å². The van der Waals surface area contributed by atoms with Crippen LogP contribution in [0.2, 0.25) is 0 Å². The monoisotopic (exact) mass is 242 g/mol. The van der Waals surface area contributed by atoms with Gasteiger partial charge in [0.25, 0.3) is 0 Å². The molecule has 0 aromatic heterocycles. The molecule has 0 aliphatic rings. The average molecular weight is 242 g/mol. The van der Waals surface area contributed by atoms with E-state index in [0.717, 1.165) is 10.5 Å². The van der Waals surface area contributed by atoms with Crippen molar-refractivity contribution in [3.8, 4) is 11.5 Å². The Labute approximate surface area is 101 Å². The Balaban J connectivity index is 3.38. The number of thioether (sulfide) groups is 1. The van der Waals surface area contributed by atoms with E-state index in [9.17, 15) is 5.11 Å². The van der Waals surface area contributed by atoms with Gasteiger partial charge in [-0.1, -0.05) is 0 Å². The van der Waals surface area contributed by atoms with Crippen LogP contribution in [-0.2, 0) is 5.60 Å². The van der Waals surface area contributed by atoms with Gasteiger partial charge in [0.2, 0.25) is 0 Å². The number of ether oxygens (including phenoxy) is 2. The van der Waals surface area contributed by atoms with Gasteiger partial charge in [-0.15, -0.1) is 11.8 Å². The maximum Gasteiger partial charge on any atom is 0.161 e. The molecule has 3 nitrogen and oxygen atoms in total. The van der Waals surface area contributed by atoms with Crippen LogP contribution in [0.25, 0.3) is 0 Å². The number of hydrogen-bond acceptors (Lipinski definition) is 4. The lowest BCUT2D eigenvalue weighted by atomic mass is 9.98. The minimum absolute atomic E-state index is 0.637. The highest BCUT2D eigenvalue weighted by Crippen LogP contribution is 2.38. The zero-order valence-corrected chi connectivity index (χ0v) is 11.1. The van der Waals surface area contributed by atoms with Crippen molar-refractivity contribution in [2.45, 2.75) is 24.3 Å². The summed E-state index contributed by atoms with van der Waals surface area (Å²) < 4.78 is 10.5. The summed E-state index contributed by atoms with van der Waals surface area (Å²) in [6, 6.07) is 3.71. The summed E-state index contributed by atoms with van der Waals surface area (Å²) in [5, 5.41) is 10.1. The lowest BCUT2D eigenvalue weighted by molar-refractivity contribution is 0.0754. The topological polar surface area (TPSA) is 38.7 Å². The zero-order valence-electron chi connectivity index (χ0n) is 10.3. The summed E-state index contributed by atoms with van der Waals surface area (Å²) in [5.41, 5.74) is -0.0459. The molecule has 1 aromatic rings. The fourth-order valence-corrected chi connectivity index (χ4v) is 2.26. The van der Waals surface area contributed by atoms with Crippen LogP contribution in [-0.4, -0.2) is 25.6 Å². The summed E-state index contributed by atoms with van der Waals surface area (Å²) in [7, 11) is 3.19. The van der Waals surface area contributed by atoms with Crippen molar-refractivity contribution in [2.75, 3.05) is 20.5 Å². The highest BCUT2D eigenvalue weighted by Gasteiger charge is 2.22. The zero-order chi connectivity index (χ0) is 12.3. The van der Waals surface area contributed by atoms with E-state index in [-0.39, 0.29) is 0 Å². The molecule has 0 fully saturated rings. The Morgan fingerprint density at radius 1 is 1.12 bits per heavy atom. The molecule has 0 unspecified atom stereocenters. The van der Waals surface area contributed by atoms with Crippen molar-refractivity contribution in [3.05, 3.63) is 17.7 Å². The smallest absolute Gasteiger partial charge is 0.161 e. The van der Waals surface area contributed by atoms with Crippen molar-refractivity contribution in [1.82, 2.24) is 0 Å². The maximum absolute atomic E-state index is 10.1. The van der Waals surface area contributed by atoms with E-state index in [4.69, 9.17) is 9.47 Å². The first-order valence-electron chi connectivity index (χ1n) is 4.97. The van der Waals surface area contributed by atoms with Gasteiger partial charge in [-0.3, -0.25) is 0 Å². The lowest BCUT2D eigenvalue weighted by Gasteiger charge is -2.22. The molecule has 0 heterocycles. The largest absolute Gasteiger partial charge is 0.493 e. The van der Waals surface area contributed by atoms with E-state index in [1.165, 1.54) is 0 Å². The molecule has 0 aliphatic heterocycles. The second kappa shape index (κ2) is 4.97. The van der Waals surface area contributed by atoms with E-state index in [2.05, 4.69) is 0 Å². The van der Waals surface area contributed by atoms with Gasteiger partial charge in [0, 0.05) is 10.5 Å². The minimum atomic E-state index is -0.891. The third-order valence-electron chi connectivity index (χ3n) is 2.36. The van der Waals surface area contributed by atoms with Gasteiger partial charge in [-0.25, -0.2) is 0 Å². The number of benzene rings is 1. The van der Waals surface area contributed by atoms with Crippen LogP contribution in [0.15, 0.2) is 17.0 Å².